The minimum atomic E-state index is -0.320. The van der Waals surface area contributed by atoms with Gasteiger partial charge in [0.15, 0.2) is 0 Å². The third-order valence-electron chi connectivity index (χ3n) is 4.67. The number of nitrogens with one attached hydrogen (secondary N) is 1. The van der Waals surface area contributed by atoms with Crippen molar-refractivity contribution in [3.05, 3.63) is 118 Å². The minimum absolute atomic E-state index is 0.210. The van der Waals surface area contributed by atoms with Crippen molar-refractivity contribution in [2.45, 2.75) is 19.6 Å². The van der Waals surface area contributed by atoms with Crippen LogP contribution in [0.25, 0.3) is 0 Å². The SMILES string of the molecule is O=C(NCc1ccc(Cn2ccnc2)cc1)c1ccc(=O)n(Cc2ccccc2)n1. The van der Waals surface area contributed by atoms with Crippen LogP contribution in [0.5, 0.6) is 0 Å². The Morgan fingerprint density at radius 3 is 2.33 bits per heavy atom. The molecule has 0 spiro atoms. The van der Waals surface area contributed by atoms with Gasteiger partial charge in [0.05, 0.1) is 12.9 Å². The zero-order chi connectivity index (χ0) is 20.8. The predicted octanol–water partition coefficient (Wildman–Crippen LogP) is 2.47. The van der Waals surface area contributed by atoms with Crippen LogP contribution >= 0.6 is 0 Å². The van der Waals surface area contributed by atoms with Crippen molar-refractivity contribution in [2.24, 2.45) is 0 Å². The van der Waals surface area contributed by atoms with Crippen molar-refractivity contribution in [1.82, 2.24) is 24.6 Å². The summed E-state index contributed by atoms with van der Waals surface area (Å²) in [4.78, 5) is 28.6. The van der Waals surface area contributed by atoms with Gasteiger partial charge >= 0.3 is 0 Å². The van der Waals surface area contributed by atoms with E-state index in [9.17, 15) is 9.59 Å². The van der Waals surface area contributed by atoms with Crippen molar-refractivity contribution in [3.8, 4) is 0 Å². The number of benzene rings is 2. The summed E-state index contributed by atoms with van der Waals surface area (Å²) in [6.45, 7) is 1.45. The van der Waals surface area contributed by atoms with Gasteiger partial charge in [-0.3, -0.25) is 9.59 Å². The Kier molecular flexibility index (Phi) is 5.80. The van der Waals surface area contributed by atoms with E-state index in [4.69, 9.17) is 0 Å². The molecule has 0 atom stereocenters. The average Bonchev–Trinajstić information content (AvgIpc) is 3.28. The molecule has 1 N–H and O–H groups in total. The Balaban J connectivity index is 1.38. The van der Waals surface area contributed by atoms with Gasteiger partial charge in [0, 0.05) is 31.5 Å². The third-order valence-corrected chi connectivity index (χ3v) is 4.67. The van der Waals surface area contributed by atoms with Gasteiger partial charge in [0.2, 0.25) is 0 Å². The van der Waals surface area contributed by atoms with Gasteiger partial charge in [-0.25, -0.2) is 9.67 Å². The fourth-order valence-electron chi connectivity index (χ4n) is 3.07. The quantitative estimate of drug-likeness (QED) is 0.518. The number of aromatic nitrogens is 4. The van der Waals surface area contributed by atoms with Crippen LogP contribution in [-0.2, 0) is 19.6 Å². The average molecular weight is 399 g/mol. The second kappa shape index (κ2) is 9.00. The number of hydrogen-bond donors (Lipinski definition) is 1. The van der Waals surface area contributed by atoms with E-state index in [0.717, 1.165) is 23.2 Å². The molecule has 0 bridgehead atoms. The van der Waals surface area contributed by atoms with Crippen molar-refractivity contribution in [2.75, 3.05) is 0 Å². The van der Waals surface area contributed by atoms with Crippen LogP contribution in [-0.4, -0.2) is 25.2 Å². The van der Waals surface area contributed by atoms with Crippen LogP contribution < -0.4 is 10.9 Å². The molecule has 7 heteroatoms. The van der Waals surface area contributed by atoms with E-state index in [1.54, 1.807) is 12.5 Å². The lowest BCUT2D eigenvalue weighted by molar-refractivity contribution is 0.0943. The van der Waals surface area contributed by atoms with E-state index >= 15 is 0 Å². The molecule has 0 radical (unpaired) electrons. The lowest BCUT2D eigenvalue weighted by atomic mass is 10.1. The summed E-state index contributed by atoms with van der Waals surface area (Å²) in [7, 11) is 0. The summed E-state index contributed by atoms with van der Waals surface area (Å²) in [6.07, 6.45) is 5.44. The summed E-state index contributed by atoms with van der Waals surface area (Å²) < 4.78 is 3.29. The van der Waals surface area contributed by atoms with Gasteiger partial charge in [0.25, 0.3) is 11.5 Å². The molecule has 2 aromatic heterocycles. The fraction of sp³-hybridized carbons (Fsp3) is 0.130. The van der Waals surface area contributed by atoms with Crippen LogP contribution in [0.15, 0.2) is 90.2 Å². The maximum atomic E-state index is 12.5. The normalized spacial score (nSPS) is 10.7. The van der Waals surface area contributed by atoms with Crippen molar-refractivity contribution < 1.29 is 4.79 Å². The van der Waals surface area contributed by atoms with E-state index in [0.29, 0.717) is 13.1 Å². The van der Waals surface area contributed by atoms with Crippen molar-refractivity contribution in [1.29, 1.82) is 0 Å². The highest BCUT2D eigenvalue weighted by Crippen LogP contribution is 2.07. The molecule has 0 aliphatic carbocycles. The number of rotatable bonds is 7. The number of amides is 1. The number of carbonyl (C=O) groups is 1. The molecule has 0 saturated heterocycles. The first kappa shape index (κ1) is 19.3. The van der Waals surface area contributed by atoms with E-state index in [1.807, 2.05) is 65.4 Å². The van der Waals surface area contributed by atoms with Gasteiger partial charge in [-0.15, -0.1) is 0 Å². The first-order valence-electron chi connectivity index (χ1n) is 9.61. The summed E-state index contributed by atoms with van der Waals surface area (Å²) in [6, 6.07) is 20.4. The van der Waals surface area contributed by atoms with Gasteiger partial charge < -0.3 is 9.88 Å². The Hall–Kier alpha value is -4.00. The Bertz CT molecular complexity index is 1170. The molecule has 2 aromatic carbocycles. The zero-order valence-electron chi connectivity index (χ0n) is 16.3. The van der Waals surface area contributed by atoms with Gasteiger partial charge in [-0.1, -0.05) is 54.6 Å². The van der Waals surface area contributed by atoms with E-state index in [2.05, 4.69) is 15.4 Å². The highest BCUT2D eigenvalue weighted by atomic mass is 16.2. The molecule has 7 nitrogen and oxygen atoms in total. The monoisotopic (exact) mass is 399 g/mol. The Morgan fingerprint density at radius 1 is 0.867 bits per heavy atom. The van der Waals surface area contributed by atoms with E-state index in [-0.39, 0.29) is 17.2 Å². The second-order valence-corrected chi connectivity index (χ2v) is 6.93. The molecule has 2 heterocycles. The van der Waals surface area contributed by atoms with Crippen LogP contribution in [0.4, 0.5) is 0 Å². The predicted molar refractivity (Wildman–Crippen MR) is 113 cm³/mol. The van der Waals surface area contributed by atoms with Crippen molar-refractivity contribution in [3.63, 3.8) is 0 Å². The maximum Gasteiger partial charge on any atom is 0.271 e. The highest BCUT2D eigenvalue weighted by Gasteiger charge is 2.10. The molecule has 0 unspecified atom stereocenters. The lowest BCUT2D eigenvalue weighted by Gasteiger charge is -2.09. The third kappa shape index (κ3) is 4.88. The van der Waals surface area contributed by atoms with Crippen LogP contribution in [0, 0.1) is 0 Å². The second-order valence-electron chi connectivity index (χ2n) is 6.93. The van der Waals surface area contributed by atoms with Gasteiger partial charge in [0.1, 0.15) is 5.69 Å². The molecule has 4 aromatic rings. The largest absolute Gasteiger partial charge is 0.347 e. The number of imidazole rings is 1. The van der Waals surface area contributed by atoms with E-state index < -0.39 is 0 Å². The first-order chi connectivity index (χ1) is 14.7. The molecular weight excluding hydrogens is 378 g/mol. The van der Waals surface area contributed by atoms with Crippen molar-refractivity contribution >= 4 is 5.91 Å². The molecule has 150 valence electrons. The molecule has 0 aliphatic heterocycles. The number of hydrogen-bond acceptors (Lipinski definition) is 4. The summed E-state index contributed by atoms with van der Waals surface area (Å²) in [5.74, 6) is -0.320. The minimum Gasteiger partial charge on any atom is -0.347 e. The molecule has 30 heavy (non-hydrogen) atoms. The maximum absolute atomic E-state index is 12.5. The van der Waals surface area contributed by atoms with E-state index in [1.165, 1.54) is 16.8 Å². The molecule has 0 saturated carbocycles. The fourth-order valence-corrected chi connectivity index (χ4v) is 3.07. The summed E-state index contributed by atoms with van der Waals surface area (Å²) in [5, 5.41) is 7.08. The zero-order valence-corrected chi connectivity index (χ0v) is 16.3. The Labute approximate surface area is 173 Å². The van der Waals surface area contributed by atoms with Gasteiger partial charge in [-0.2, -0.15) is 5.10 Å². The molecule has 0 aliphatic rings. The molecule has 4 rings (SSSR count). The highest BCUT2D eigenvalue weighted by molar-refractivity contribution is 5.91. The number of carbonyl (C=O) groups excluding carboxylic acids is 1. The lowest BCUT2D eigenvalue weighted by Crippen LogP contribution is -2.29. The number of nitrogens with zero attached hydrogens (tertiary/aromatic N) is 4. The summed E-state index contributed by atoms with van der Waals surface area (Å²) >= 11 is 0. The van der Waals surface area contributed by atoms with Crippen LogP contribution in [0.2, 0.25) is 0 Å². The molecular formula is C23H21N5O2. The topological polar surface area (TPSA) is 81.8 Å². The molecule has 0 fully saturated rings. The molecule has 1 amide bonds. The van der Waals surface area contributed by atoms with Crippen LogP contribution in [0.3, 0.4) is 0 Å². The summed E-state index contributed by atoms with van der Waals surface area (Å²) in [5.41, 5.74) is 3.04. The Morgan fingerprint density at radius 2 is 1.60 bits per heavy atom. The van der Waals surface area contributed by atoms with Crippen LogP contribution in [0.1, 0.15) is 27.2 Å². The van der Waals surface area contributed by atoms with Gasteiger partial charge in [-0.05, 0) is 22.8 Å². The first-order valence-corrected chi connectivity index (χ1v) is 9.61. The standard InChI is InChI=1S/C23H21N5O2/c29-22-11-10-21(26-28(22)16-19-4-2-1-3-5-19)23(30)25-14-18-6-8-20(9-7-18)15-27-13-12-24-17-27/h1-13,17H,14-16H2,(H,25,30). The smallest absolute Gasteiger partial charge is 0.271 e.